The van der Waals surface area contributed by atoms with E-state index in [-0.39, 0.29) is 0 Å². The molecular formula is C8H21N3O3Si. The highest BCUT2D eigenvalue weighted by Crippen LogP contribution is 2.04. The molecule has 7 heteroatoms. The van der Waals surface area contributed by atoms with Gasteiger partial charge in [0.2, 0.25) is 0 Å². The molecule has 6 nitrogen and oxygen atoms in total. The van der Waals surface area contributed by atoms with Crippen molar-refractivity contribution in [3.63, 3.8) is 0 Å². The Morgan fingerprint density at radius 3 is 2.40 bits per heavy atom. The fourth-order valence-corrected chi connectivity index (χ4v) is 2.01. The fourth-order valence-electron chi connectivity index (χ4n) is 1.28. The maximum atomic E-state index is 5.55. The van der Waals surface area contributed by atoms with Gasteiger partial charge in [-0.3, -0.25) is 0 Å². The van der Waals surface area contributed by atoms with E-state index in [1.807, 2.05) is 6.55 Å². The maximum Gasteiger partial charge on any atom is 0.498 e. The third kappa shape index (κ3) is 4.56. The fraction of sp³-hybridized carbons (Fsp3) is 1.00. The van der Waals surface area contributed by atoms with E-state index in [1.54, 1.807) is 14.2 Å². The molecule has 0 unspecified atom stereocenters. The lowest BCUT2D eigenvalue weighted by Crippen LogP contribution is -2.52. The first-order chi connectivity index (χ1) is 7.20. The molecule has 1 aliphatic rings. The van der Waals surface area contributed by atoms with Crippen molar-refractivity contribution in [3.8, 4) is 0 Å². The van der Waals surface area contributed by atoms with Crippen molar-refractivity contribution >= 4 is 8.80 Å². The van der Waals surface area contributed by atoms with Crippen LogP contribution in [0.4, 0.5) is 0 Å². The Morgan fingerprint density at radius 1 is 1.27 bits per heavy atom. The molecule has 15 heavy (non-hydrogen) atoms. The molecule has 90 valence electrons. The van der Waals surface area contributed by atoms with Gasteiger partial charge in [0.1, 0.15) is 6.73 Å². The summed E-state index contributed by atoms with van der Waals surface area (Å²) in [7, 11) is 0.837. The van der Waals surface area contributed by atoms with Crippen LogP contribution in [-0.4, -0.2) is 60.9 Å². The summed E-state index contributed by atoms with van der Waals surface area (Å²) < 4.78 is 16.0. The summed E-state index contributed by atoms with van der Waals surface area (Å²) in [5, 5.41) is 5.42. The molecule has 0 bridgehead atoms. The third-order valence-corrected chi connectivity index (χ3v) is 4.63. The Morgan fingerprint density at radius 2 is 1.87 bits per heavy atom. The van der Waals surface area contributed by atoms with Crippen LogP contribution in [0.5, 0.6) is 0 Å². The molecule has 1 aliphatic heterocycles. The largest absolute Gasteiger partial charge is 0.498 e. The number of nitrogens with zero attached hydrogens (tertiary/aromatic N) is 1. The molecule has 1 heterocycles. The highest BCUT2D eigenvalue weighted by atomic mass is 28.4. The van der Waals surface area contributed by atoms with Gasteiger partial charge in [0.05, 0.1) is 0 Å². The van der Waals surface area contributed by atoms with Gasteiger partial charge in [-0.05, 0) is 0 Å². The molecule has 0 saturated carbocycles. The lowest BCUT2D eigenvalue weighted by molar-refractivity contribution is 0.0507. The molecule has 0 aliphatic carbocycles. The second kappa shape index (κ2) is 6.54. The topological polar surface area (TPSA) is 55.0 Å². The molecular weight excluding hydrogens is 214 g/mol. The van der Waals surface area contributed by atoms with Gasteiger partial charge in [-0.1, -0.05) is 0 Å². The number of nitrogens with one attached hydrogen (secondary N) is 2. The molecule has 0 aromatic rings. The van der Waals surface area contributed by atoms with Crippen LogP contribution >= 0.6 is 0 Å². The van der Waals surface area contributed by atoms with Crippen molar-refractivity contribution in [2.45, 2.75) is 6.55 Å². The summed E-state index contributed by atoms with van der Waals surface area (Å²) in [6, 6.07) is 0. The smallest absolute Gasteiger partial charge is 0.377 e. The average molecular weight is 235 g/mol. The molecule has 0 radical (unpaired) electrons. The van der Waals surface area contributed by atoms with Gasteiger partial charge in [0.25, 0.3) is 0 Å². The predicted molar refractivity (Wildman–Crippen MR) is 59.2 cm³/mol. The molecule has 0 atom stereocenters. The molecule has 1 rings (SSSR count). The minimum absolute atomic E-state index is 0.435. The first-order valence-corrected chi connectivity index (χ1v) is 7.36. The highest BCUT2D eigenvalue weighted by molar-refractivity contribution is 6.59. The standard InChI is InChI=1S/C8H21N3O3Si/c1-12-15(3,13-2)14-8-10-11-6-4-9-5-7-11/h9-10H,4-8H2,1-3H3. The Bertz CT molecular complexity index is 175. The van der Waals surface area contributed by atoms with Crippen LogP contribution in [-0.2, 0) is 13.3 Å². The Labute approximate surface area is 92.2 Å². The van der Waals surface area contributed by atoms with Crippen molar-refractivity contribution in [2.24, 2.45) is 0 Å². The Kier molecular flexibility index (Phi) is 5.68. The summed E-state index contributed by atoms with van der Waals surface area (Å²) in [5.74, 6) is 0. The van der Waals surface area contributed by atoms with Gasteiger partial charge < -0.3 is 18.6 Å². The SMILES string of the molecule is CO[Si](C)(OC)OCNN1CCNCC1. The average Bonchev–Trinajstić information content (AvgIpc) is 2.30. The minimum Gasteiger partial charge on any atom is -0.377 e. The van der Waals surface area contributed by atoms with Gasteiger partial charge in [-0.2, -0.15) is 0 Å². The lowest BCUT2D eigenvalue weighted by atomic mass is 10.4. The van der Waals surface area contributed by atoms with E-state index in [2.05, 4.69) is 15.8 Å². The Balaban J connectivity index is 2.14. The van der Waals surface area contributed by atoms with Crippen LogP contribution in [0, 0.1) is 0 Å². The number of hydrazine groups is 1. The van der Waals surface area contributed by atoms with Gasteiger partial charge in [-0.25, -0.2) is 10.4 Å². The van der Waals surface area contributed by atoms with Crippen LogP contribution in [0.3, 0.4) is 0 Å². The van der Waals surface area contributed by atoms with Crippen molar-refractivity contribution in [1.82, 2.24) is 15.8 Å². The quantitative estimate of drug-likeness (QED) is 0.466. The maximum absolute atomic E-state index is 5.55. The minimum atomic E-state index is -2.39. The van der Waals surface area contributed by atoms with Crippen LogP contribution < -0.4 is 10.7 Å². The second-order valence-electron chi connectivity index (χ2n) is 3.45. The monoisotopic (exact) mass is 235 g/mol. The van der Waals surface area contributed by atoms with Gasteiger partial charge in [-0.15, -0.1) is 0 Å². The number of piperazine rings is 1. The number of hydrogen-bond acceptors (Lipinski definition) is 6. The molecule has 1 fully saturated rings. The third-order valence-electron chi connectivity index (χ3n) is 2.48. The molecule has 0 amide bonds. The molecule has 0 spiro atoms. The molecule has 2 N–H and O–H groups in total. The van der Waals surface area contributed by atoms with E-state index >= 15 is 0 Å². The van der Waals surface area contributed by atoms with E-state index in [0.717, 1.165) is 26.2 Å². The van der Waals surface area contributed by atoms with Crippen LogP contribution in [0.25, 0.3) is 0 Å². The summed E-state index contributed by atoms with van der Waals surface area (Å²) in [5.41, 5.74) is 3.19. The van der Waals surface area contributed by atoms with Gasteiger partial charge in [0, 0.05) is 46.9 Å². The van der Waals surface area contributed by atoms with E-state index in [1.165, 1.54) is 0 Å². The number of rotatable bonds is 6. The zero-order valence-electron chi connectivity index (χ0n) is 9.71. The second-order valence-corrected chi connectivity index (χ2v) is 6.28. The van der Waals surface area contributed by atoms with E-state index in [0.29, 0.717) is 6.73 Å². The van der Waals surface area contributed by atoms with E-state index in [4.69, 9.17) is 13.3 Å². The van der Waals surface area contributed by atoms with E-state index in [9.17, 15) is 0 Å². The summed E-state index contributed by atoms with van der Waals surface area (Å²) >= 11 is 0. The Hall–Kier alpha value is -0.0231. The molecule has 0 aromatic carbocycles. The predicted octanol–water partition coefficient (Wildman–Crippen LogP) is -0.768. The molecule has 0 aromatic heterocycles. The first kappa shape index (κ1) is 13.0. The van der Waals surface area contributed by atoms with Crippen molar-refractivity contribution in [2.75, 3.05) is 47.1 Å². The van der Waals surface area contributed by atoms with E-state index < -0.39 is 8.80 Å². The lowest BCUT2D eigenvalue weighted by Gasteiger charge is -2.29. The normalized spacial score (nSPS) is 19.4. The number of hydrogen-bond donors (Lipinski definition) is 2. The first-order valence-electron chi connectivity index (χ1n) is 5.13. The van der Waals surface area contributed by atoms with Crippen molar-refractivity contribution in [3.05, 3.63) is 0 Å². The zero-order valence-corrected chi connectivity index (χ0v) is 10.7. The van der Waals surface area contributed by atoms with Crippen LogP contribution in [0.2, 0.25) is 6.55 Å². The highest BCUT2D eigenvalue weighted by Gasteiger charge is 2.31. The molecule has 1 saturated heterocycles. The van der Waals surface area contributed by atoms with Gasteiger partial charge in [0.15, 0.2) is 0 Å². The van der Waals surface area contributed by atoms with Gasteiger partial charge >= 0.3 is 8.80 Å². The van der Waals surface area contributed by atoms with Crippen molar-refractivity contribution in [1.29, 1.82) is 0 Å². The van der Waals surface area contributed by atoms with Crippen LogP contribution in [0.1, 0.15) is 0 Å². The van der Waals surface area contributed by atoms with Crippen molar-refractivity contribution < 1.29 is 13.3 Å². The zero-order chi connectivity index (χ0) is 11.1. The summed E-state index contributed by atoms with van der Waals surface area (Å²) in [6.45, 7) is 6.30. The van der Waals surface area contributed by atoms with Crippen LogP contribution in [0.15, 0.2) is 0 Å². The summed E-state index contributed by atoms with van der Waals surface area (Å²) in [6.07, 6.45) is 0. The summed E-state index contributed by atoms with van der Waals surface area (Å²) in [4.78, 5) is 0.